The van der Waals surface area contributed by atoms with Gasteiger partial charge in [-0.3, -0.25) is 0 Å². The Morgan fingerprint density at radius 3 is 2.56 bits per heavy atom. The molecule has 90 valence electrons. The zero-order valence-electron chi connectivity index (χ0n) is 8.24. The Hall–Kier alpha value is -0.720. The van der Waals surface area contributed by atoms with Crippen LogP contribution in [-0.4, -0.2) is 28.2 Å². The van der Waals surface area contributed by atoms with Crippen molar-refractivity contribution >= 4 is 11.8 Å². The molecule has 0 saturated carbocycles. The molecule has 0 aliphatic rings. The quantitative estimate of drug-likeness (QED) is 0.807. The molecule has 0 spiro atoms. The van der Waals surface area contributed by atoms with Crippen molar-refractivity contribution in [3.8, 4) is 0 Å². The van der Waals surface area contributed by atoms with E-state index in [0.29, 0.717) is 10.5 Å². The van der Waals surface area contributed by atoms with Gasteiger partial charge in [0.1, 0.15) is 0 Å². The predicted molar refractivity (Wildman–Crippen MR) is 55.2 cm³/mol. The molecule has 2 nitrogen and oxygen atoms in total. The van der Waals surface area contributed by atoms with Gasteiger partial charge in [-0.25, -0.2) is 0 Å². The summed E-state index contributed by atoms with van der Waals surface area (Å²) in [6, 6.07) is 6.54. The Bertz CT molecular complexity index is 341. The average molecular weight is 252 g/mol. The van der Waals surface area contributed by atoms with Gasteiger partial charge in [0, 0.05) is 10.6 Å². The van der Waals surface area contributed by atoms with E-state index < -0.39 is 18.0 Å². The second-order valence-electron chi connectivity index (χ2n) is 3.17. The largest absolute Gasteiger partial charge is 0.415 e. The third kappa shape index (κ3) is 4.03. The smallest absolute Gasteiger partial charge is 0.392 e. The van der Waals surface area contributed by atoms with Gasteiger partial charge >= 0.3 is 6.18 Å². The highest BCUT2D eigenvalue weighted by atomic mass is 32.2. The van der Waals surface area contributed by atoms with Crippen molar-refractivity contribution in [1.29, 1.82) is 0 Å². The van der Waals surface area contributed by atoms with E-state index >= 15 is 0 Å². The summed E-state index contributed by atoms with van der Waals surface area (Å²) in [4.78, 5) is 0.592. The van der Waals surface area contributed by atoms with E-state index in [0.717, 1.165) is 11.8 Å². The maximum atomic E-state index is 12.0. The average Bonchev–Trinajstić information content (AvgIpc) is 2.25. The molecule has 0 bridgehead atoms. The first kappa shape index (κ1) is 13.3. The molecule has 16 heavy (non-hydrogen) atoms. The van der Waals surface area contributed by atoms with Crippen LogP contribution in [0.4, 0.5) is 13.2 Å². The summed E-state index contributed by atoms with van der Waals surface area (Å²) in [6.45, 7) is -0.157. The minimum absolute atomic E-state index is 0.157. The van der Waals surface area contributed by atoms with Gasteiger partial charge in [-0.2, -0.15) is 13.2 Å². The fourth-order valence-electron chi connectivity index (χ4n) is 1.00. The van der Waals surface area contributed by atoms with E-state index in [1.165, 1.54) is 0 Å². The van der Waals surface area contributed by atoms with Gasteiger partial charge in [0.2, 0.25) is 0 Å². The van der Waals surface area contributed by atoms with Crippen LogP contribution in [0.1, 0.15) is 5.56 Å². The molecular weight excluding hydrogens is 241 g/mol. The monoisotopic (exact) mass is 252 g/mol. The van der Waals surface area contributed by atoms with Crippen LogP contribution in [0, 0.1) is 0 Å². The molecule has 1 atom stereocenters. The minimum Gasteiger partial charge on any atom is -0.392 e. The highest BCUT2D eigenvalue weighted by Crippen LogP contribution is 2.27. The van der Waals surface area contributed by atoms with E-state index in [2.05, 4.69) is 0 Å². The normalized spacial score (nSPS) is 13.8. The first-order valence-corrected chi connectivity index (χ1v) is 5.49. The topological polar surface area (TPSA) is 40.5 Å². The lowest BCUT2D eigenvalue weighted by molar-refractivity contribution is -0.195. The molecule has 1 unspecified atom stereocenters. The molecular formula is C10H11F3O2S. The van der Waals surface area contributed by atoms with Crippen LogP contribution >= 0.6 is 11.8 Å². The number of benzene rings is 1. The molecule has 0 amide bonds. The molecule has 0 heterocycles. The van der Waals surface area contributed by atoms with E-state index in [1.54, 1.807) is 24.3 Å². The van der Waals surface area contributed by atoms with Crippen molar-refractivity contribution in [1.82, 2.24) is 0 Å². The highest BCUT2D eigenvalue weighted by Gasteiger charge is 2.37. The van der Waals surface area contributed by atoms with Crippen molar-refractivity contribution in [3.63, 3.8) is 0 Å². The van der Waals surface area contributed by atoms with Crippen molar-refractivity contribution in [2.24, 2.45) is 0 Å². The Balaban J connectivity index is 2.54. The number of halogens is 3. The van der Waals surface area contributed by atoms with E-state index in [4.69, 9.17) is 10.2 Å². The van der Waals surface area contributed by atoms with Crippen LogP contribution in [0.15, 0.2) is 29.2 Å². The molecule has 0 fully saturated rings. The number of alkyl halides is 3. The van der Waals surface area contributed by atoms with Crippen LogP contribution in [0.2, 0.25) is 0 Å². The number of aliphatic hydroxyl groups is 2. The molecule has 0 saturated heterocycles. The molecule has 0 aliphatic carbocycles. The number of hydrogen-bond acceptors (Lipinski definition) is 3. The molecule has 0 aromatic heterocycles. The van der Waals surface area contributed by atoms with Crippen LogP contribution in [-0.2, 0) is 6.61 Å². The fraction of sp³-hybridized carbons (Fsp3) is 0.400. The summed E-state index contributed by atoms with van der Waals surface area (Å²) in [5, 5.41) is 17.6. The molecule has 1 aromatic rings. The van der Waals surface area contributed by atoms with Gasteiger partial charge < -0.3 is 10.2 Å². The number of thioether (sulfide) groups is 1. The standard InChI is InChI=1S/C10H11F3O2S/c11-10(12,13)9(15)6-16-8-3-1-2-7(4-8)5-14/h1-4,9,14-15H,5-6H2. The summed E-state index contributed by atoms with van der Waals surface area (Å²) in [5.74, 6) is -0.446. The summed E-state index contributed by atoms with van der Waals surface area (Å²) in [7, 11) is 0. The number of hydrogen-bond donors (Lipinski definition) is 2. The first-order chi connectivity index (χ1) is 7.43. The zero-order chi connectivity index (χ0) is 12.2. The highest BCUT2D eigenvalue weighted by molar-refractivity contribution is 7.99. The Kier molecular flexibility index (Phi) is 4.64. The van der Waals surface area contributed by atoms with Gasteiger partial charge in [-0.05, 0) is 17.7 Å². The van der Waals surface area contributed by atoms with Crippen molar-refractivity contribution < 1.29 is 23.4 Å². The van der Waals surface area contributed by atoms with Gasteiger partial charge in [-0.15, -0.1) is 11.8 Å². The van der Waals surface area contributed by atoms with Crippen LogP contribution in [0.5, 0.6) is 0 Å². The van der Waals surface area contributed by atoms with E-state index in [-0.39, 0.29) is 6.61 Å². The van der Waals surface area contributed by atoms with Crippen LogP contribution in [0.3, 0.4) is 0 Å². The second-order valence-corrected chi connectivity index (χ2v) is 4.27. The first-order valence-electron chi connectivity index (χ1n) is 4.51. The van der Waals surface area contributed by atoms with E-state index in [1.807, 2.05) is 0 Å². The van der Waals surface area contributed by atoms with Crippen molar-refractivity contribution in [2.45, 2.75) is 23.8 Å². The SMILES string of the molecule is OCc1cccc(SCC(O)C(F)(F)F)c1. The third-order valence-corrected chi connectivity index (χ3v) is 2.94. The van der Waals surface area contributed by atoms with E-state index in [9.17, 15) is 13.2 Å². The summed E-state index contributed by atoms with van der Waals surface area (Å²) >= 11 is 0.904. The second kappa shape index (κ2) is 5.56. The van der Waals surface area contributed by atoms with Crippen LogP contribution < -0.4 is 0 Å². The summed E-state index contributed by atoms with van der Waals surface area (Å²) in [6.07, 6.45) is -6.91. The molecule has 1 rings (SSSR count). The lowest BCUT2D eigenvalue weighted by atomic mass is 10.2. The zero-order valence-corrected chi connectivity index (χ0v) is 9.05. The summed E-state index contributed by atoms with van der Waals surface area (Å²) < 4.78 is 36.0. The summed E-state index contributed by atoms with van der Waals surface area (Å²) in [5.41, 5.74) is 0.631. The Morgan fingerprint density at radius 2 is 2.00 bits per heavy atom. The van der Waals surface area contributed by atoms with Gasteiger partial charge in [0.15, 0.2) is 6.10 Å². The number of rotatable bonds is 4. The Morgan fingerprint density at radius 1 is 1.31 bits per heavy atom. The van der Waals surface area contributed by atoms with Gasteiger partial charge in [0.25, 0.3) is 0 Å². The molecule has 1 aromatic carbocycles. The lowest BCUT2D eigenvalue weighted by Gasteiger charge is -2.13. The van der Waals surface area contributed by atoms with Crippen molar-refractivity contribution in [3.05, 3.63) is 29.8 Å². The molecule has 0 aliphatic heterocycles. The van der Waals surface area contributed by atoms with Gasteiger partial charge in [0.05, 0.1) is 6.61 Å². The maximum Gasteiger partial charge on any atom is 0.415 e. The van der Waals surface area contributed by atoms with Crippen LogP contribution in [0.25, 0.3) is 0 Å². The number of aliphatic hydroxyl groups excluding tert-OH is 2. The molecule has 6 heteroatoms. The molecule has 0 radical (unpaired) electrons. The minimum atomic E-state index is -4.58. The molecule has 2 N–H and O–H groups in total. The van der Waals surface area contributed by atoms with Crippen molar-refractivity contribution in [2.75, 3.05) is 5.75 Å². The fourth-order valence-corrected chi connectivity index (χ4v) is 1.95. The Labute approximate surface area is 95.1 Å². The predicted octanol–water partition coefficient (Wildman–Crippen LogP) is 2.19. The lowest BCUT2D eigenvalue weighted by Crippen LogP contribution is -2.30. The van der Waals surface area contributed by atoms with Gasteiger partial charge in [-0.1, -0.05) is 12.1 Å². The maximum absolute atomic E-state index is 12.0. The third-order valence-electron chi connectivity index (χ3n) is 1.87.